The van der Waals surface area contributed by atoms with Crippen LogP contribution in [0.2, 0.25) is 5.02 Å². The SMILES string of the molecule is CC[N+]1=C(n2nc(C)cc2C)N=C2C1C(=O)N(Cc1ccccc1Cl)C(=O)N2C. The average Bonchev–Trinajstić information content (AvgIpc) is 3.24. The minimum Gasteiger partial charge on any atom is -0.270 e. The number of halogens is 1. The van der Waals surface area contributed by atoms with Gasteiger partial charge in [0, 0.05) is 12.1 Å². The number of rotatable bonds is 3. The number of likely N-dealkylation sites (N-methyl/N-ethyl adjacent to an activating group) is 2. The van der Waals surface area contributed by atoms with Crippen molar-refractivity contribution >= 4 is 35.3 Å². The minimum atomic E-state index is -0.677. The van der Waals surface area contributed by atoms with Gasteiger partial charge in [0.15, 0.2) is 0 Å². The van der Waals surface area contributed by atoms with E-state index in [2.05, 4.69) is 10.1 Å². The number of fused-ring (bicyclic) bond motifs is 1. The minimum absolute atomic E-state index is 0.109. The van der Waals surface area contributed by atoms with Gasteiger partial charge in [0.25, 0.3) is 5.91 Å². The van der Waals surface area contributed by atoms with Crippen molar-refractivity contribution in [2.75, 3.05) is 13.6 Å². The third-order valence-electron chi connectivity index (χ3n) is 5.22. The molecule has 1 aromatic carbocycles. The van der Waals surface area contributed by atoms with Gasteiger partial charge >= 0.3 is 12.0 Å². The number of imide groups is 1. The van der Waals surface area contributed by atoms with Crippen LogP contribution in [-0.4, -0.2) is 67.5 Å². The van der Waals surface area contributed by atoms with Gasteiger partial charge in [0.2, 0.25) is 11.9 Å². The van der Waals surface area contributed by atoms with Crippen LogP contribution in [0.15, 0.2) is 35.3 Å². The molecular weight excluding hydrogens is 392 g/mol. The second-order valence-electron chi connectivity index (χ2n) is 7.15. The van der Waals surface area contributed by atoms with Gasteiger partial charge in [-0.1, -0.05) is 34.8 Å². The van der Waals surface area contributed by atoms with Gasteiger partial charge in [-0.05, 0) is 38.5 Å². The monoisotopic (exact) mass is 413 g/mol. The lowest BCUT2D eigenvalue weighted by Crippen LogP contribution is -2.62. The van der Waals surface area contributed by atoms with Crippen molar-refractivity contribution in [1.82, 2.24) is 19.6 Å². The fourth-order valence-corrected chi connectivity index (χ4v) is 3.97. The lowest BCUT2D eigenvalue weighted by atomic mass is 10.1. The highest BCUT2D eigenvalue weighted by Crippen LogP contribution is 2.24. The standard InChI is InChI=1S/C20H22ClN6O2/c1-5-25-16-17(22-19(25)27-13(3)10-12(2)23-27)24(4)20(29)26(18(16)28)11-14-8-6-7-9-15(14)21/h6-10,16H,5,11H2,1-4H3/q+1. The number of amidine groups is 1. The maximum atomic E-state index is 13.4. The Bertz CT molecular complexity index is 1090. The molecule has 2 aliphatic heterocycles. The third kappa shape index (κ3) is 3.04. The fourth-order valence-electron chi connectivity index (χ4n) is 3.77. The number of aryl methyl sites for hydroxylation is 2. The summed E-state index contributed by atoms with van der Waals surface area (Å²) < 4.78 is 3.59. The Balaban J connectivity index is 1.77. The van der Waals surface area contributed by atoms with Gasteiger partial charge < -0.3 is 0 Å². The lowest BCUT2D eigenvalue weighted by Gasteiger charge is -2.34. The number of nitrogens with zero attached hydrogens (tertiary/aromatic N) is 6. The molecule has 3 heterocycles. The second kappa shape index (κ2) is 7.11. The first kappa shape index (κ1) is 19.3. The van der Waals surface area contributed by atoms with Gasteiger partial charge in [-0.25, -0.2) is 9.37 Å². The molecule has 1 atom stereocenters. The summed E-state index contributed by atoms with van der Waals surface area (Å²) in [4.78, 5) is 33.7. The van der Waals surface area contributed by atoms with Crippen molar-refractivity contribution in [2.45, 2.75) is 33.4 Å². The van der Waals surface area contributed by atoms with E-state index in [1.807, 2.05) is 49.6 Å². The zero-order chi connectivity index (χ0) is 20.9. The van der Waals surface area contributed by atoms with Crippen LogP contribution in [0.5, 0.6) is 0 Å². The Morgan fingerprint density at radius 1 is 1.21 bits per heavy atom. The van der Waals surface area contributed by atoms with Gasteiger partial charge in [0.1, 0.15) is 5.69 Å². The molecule has 9 heteroatoms. The van der Waals surface area contributed by atoms with E-state index in [9.17, 15) is 9.59 Å². The summed E-state index contributed by atoms with van der Waals surface area (Å²) in [7, 11) is 1.64. The number of benzene rings is 1. The highest BCUT2D eigenvalue weighted by molar-refractivity contribution is 6.31. The van der Waals surface area contributed by atoms with E-state index in [4.69, 9.17) is 11.6 Å². The molecule has 150 valence electrons. The number of hydrogen-bond donors (Lipinski definition) is 0. The topological polar surface area (TPSA) is 73.8 Å². The maximum absolute atomic E-state index is 13.4. The summed E-state index contributed by atoms with van der Waals surface area (Å²) in [5.41, 5.74) is 2.49. The summed E-state index contributed by atoms with van der Waals surface area (Å²) in [5.74, 6) is 0.649. The van der Waals surface area contributed by atoms with Crippen molar-refractivity contribution in [3.05, 3.63) is 52.3 Å². The molecule has 1 unspecified atom stereocenters. The van der Waals surface area contributed by atoms with Crippen molar-refractivity contribution in [3.63, 3.8) is 0 Å². The van der Waals surface area contributed by atoms with E-state index in [0.717, 1.165) is 11.4 Å². The van der Waals surface area contributed by atoms with Gasteiger partial charge in [-0.3, -0.25) is 14.6 Å². The average molecular weight is 414 g/mol. The normalized spacial score (nSPS) is 19.2. The van der Waals surface area contributed by atoms with E-state index in [-0.39, 0.29) is 12.5 Å². The molecule has 2 aliphatic rings. The molecule has 0 saturated carbocycles. The predicted molar refractivity (Wildman–Crippen MR) is 109 cm³/mol. The van der Waals surface area contributed by atoms with Crippen LogP contribution in [0.3, 0.4) is 0 Å². The first-order valence-electron chi connectivity index (χ1n) is 9.41. The van der Waals surface area contributed by atoms with E-state index in [0.29, 0.717) is 28.9 Å². The summed E-state index contributed by atoms with van der Waals surface area (Å²) >= 11 is 6.25. The lowest BCUT2D eigenvalue weighted by molar-refractivity contribution is -0.534. The Morgan fingerprint density at radius 2 is 1.93 bits per heavy atom. The quantitative estimate of drug-likeness (QED) is 0.724. The molecule has 1 aromatic heterocycles. The van der Waals surface area contributed by atoms with Crippen LogP contribution in [0.25, 0.3) is 0 Å². The molecule has 2 aromatic rings. The Labute approximate surface area is 173 Å². The molecule has 0 N–H and O–H groups in total. The van der Waals surface area contributed by atoms with Gasteiger partial charge in [-0.15, -0.1) is 9.78 Å². The highest BCUT2D eigenvalue weighted by atomic mass is 35.5. The van der Waals surface area contributed by atoms with E-state index >= 15 is 0 Å². The number of hydrogen-bond acceptors (Lipinski definition) is 4. The molecule has 1 saturated heterocycles. The first-order valence-corrected chi connectivity index (χ1v) is 9.79. The number of carbonyl (C=O) groups is 2. The largest absolute Gasteiger partial charge is 0.421 e. The van der Waals surface area contributed by atoms with Crippen molar-refractivity contribution in [2.24, 2.45) is 4.99 Å². The Morgan fingerprint density at radius 3 is 2.55 bits per heavy atom. The van der Waals surface area contributed by atoms with Gasteiger partial charge in [-0.2, -0.15) is 0 Å². The van der Waals surface area contributed by atoms with Crippen LogP contribution in [0.1, 0.15) is 23.9 Å². The molecule has 3 amide bonds. The molecule has 0 spiro atoms. The van der Waals surface area contributed by atoms with Crippen molar-refractivity contribution in [1.29, 1.82) is 0 Å². The first-order chi connectivity index (χ1) is 13.8. The smallest absolute Gasteiger partial charge is 0.270 e. The third-order valence-corrected chi connectivity index (χ3v) is 5.58. The number of urea groups is 1. The summed E-state index contributed by atoms with van der Waals surface area (Å²) in [6, 6.07) is 8.05. The van der Waals surface area contributed by atoms with E-state index in [1.165, 1.54) is 9.80 Å². The number of amides is 3. The molecule has 29 heavy (non-hydrogen) atoms. The van der Waals surface area contributed by atoms with Crippen LogP contribution in [-0.2, 0) is 11.3 Å². The van der Waals surface area contributed by atoms with Crippen molar-refractivity contribution < 1.29 is 14.2 Å². The van der Waals surface area contributed by atoms with Crippen LogP contribution < -0.4 is 0 Å². The van der Waals surface area contributed by atoms with Crippen molar-refractivity contribution in [3.8, 4) is 0 Å². The number of carbonyl (C=O) groups excluding carboxylic acids is 2. The molecular formula is C20H22ClN6O2+. The van der Waals surface area contributed by atoms with Gasteiger partial charge in [0.05, 0.1) is 18.8 Å². The Kier molecular flexibility index (Phi) is 4.74. The fraction of sp³-hybridized carbons (Fsp3) is 0.350. The van der Waals surface area contributed by atoms with Crippen LogP contribution >= 0.6 is 11.6 Å². The molecule has 0 aliphatic carbocycles. The van der Waals surface area contributed by atoms with Crippen LogP contribution in [0.4, 0.5) is 4.79 Å². The molecule has 1 fully saturated rings. The number of aliphatic imine (C=N–C) groups is 1. The molecule has 8 nitrogen and oxygen atoms in total. The summed E-state index contributed by atoms with van der Waals surface area (Å²) in [6.07, 6.45) is 0. The molecule has 4 rings (SSSR count). The van der Waals surface area contributed by atoms with E-state index < -0.39 is 12.1 Å². The molecule has 0 radical (unpaired) electrons. The predicted octanol–water partition coefficient (Wildman–Crippen LogP) is 2.26. The van der Waals surface area contributed by atoms with E-state index in [1.54, 1.807) is 17.8 Å². The highest BCUT2D eigenvalue weighted by Gasteiger charge is 2.52. The maximum Gasteiger partial charge on any atom is 0.421 e. The molecule has 0 bridgehead atoms. The number of aromatic nitrogens is 2. The second-order valence-corrected chi connectivity index (χ2v) is 7.56. The zero-order valence-electron chi connectivity index (χ0n) is 16.8. The zero-order valence-corrected chi connectivity index (χ0v) is 17.5. The summed E-state index contributed by atoms with van der Waals surface area (Å²) in [5, 5.41) is 5.02. The van der Waals surface area contributed by atoms with Crippen LogP contribution in [0, 0.1) is 13.8 Å². The summed E-state index contributed by atoms with van der Waals surface area (Å²) in [6.45, 7) is 6.44. The Hall–Kier alpha value is -3.00.